The highest BCUT2D eigenvalue weighted by atomic mass is 19.1. The lowest BCUT2D eigenvalue weighted by Crippen LogP contribution is -2.41. The molecule has 3 rings (SSSR count). The lowest BCUT2D eigenvalue weighted by molar-refractivity contribution is 0.283. The van der Waals surface area contributed by atoms with Crippen molar-refractivity contribution < 1.29 is 4.39 Å². The number of nitrogens with one attached hydrogen (secondary N) is 1. The van der Waals surface area contributed by atoms with Crippen LogP contribution >= 0.6 is 0 Å². The van der Waals surface area contributed by atoms with Gasteiger partial charge in [-0.2, -0.15) is 0 Å². The van der Waals surface area contributed by atoms with Crippen LogP contribution in [-0.4, -0.2) is 12.6 Å². The first-order valence-corrected chi connectivity index (χ1v) is 6.30. The lowest BCUT2D eigenvalue weighted by atomic mass is 9.75. The van der Waals surface area contributed by atoms with Crippen LogP contribution in [0.15, 0.2) is 24.3 Å². The zero-order valence-corrected chi connectivity index (χ0v) is 9.45. The average Bonchev–Trinajstić information content (AvgIpc) is 3.02. The maximum absolute atomic E-state index is 13.5. The lowest BCUT2D eigenvalue weighted by Gasteiger charge is -2.36. The van der Waals surface area contributed by atoms with E-state index in [4.69, 9.17) is 0 Å². The molecule has 0 aliphatic heterocycles. The van der Waals surface area contributed by atoms with Crippen LogP contribution in [0.4, 0.5) is 4.39 Å². The monoisotopic (exact) mass is 219 g/mol. The van der Waals surface area contributed by atoms with Crippen LogP contribution in [0.2, 0.25) is 0 Å². The molecule has 1 N–H and O–H groups in total. The molecule has 0 aromatic heterocycles. The summed E-state index contributed by atoms with van der Waals surface area (Å²) in [6.45, 7) is 1.18. The van der Waals surface area contributed by atoms with Crippen LogP contribution in [0.5, 0.6) is 0 Å². The summed E-state index contributed by atoms with van der Waals surface area (Å²) in [6.07, 6.45) is 5.01. The van der Waals surface area contributed by atoms with E-state index in [1.54, 1.807) is 12.1 Å². The van der Waals surface area contributed by atoms with Gasteiger partial charge in [0.2, 0.25) is 0 Å². The molecule has 0 radical (unpaired) electrons. The first-order chi connectivity index (χ1) is 7.83. The number of hydrogen-bond acceptors (Lipinski definition) is 1. The van der Waals surface area contributed by atoms with Gasteiger partial charge in [0, 0.05) is 6.04 Å². The maximum atomic E-state index is 13.5. The molecule has 0 saturated heterocycles. The van der Waals surface area contributed by atoms with Crippen molar-refractivity contribution in [3.8, 4) is 0 Å². The van der Waals surface area contributed by atoms with Gasteiger partial charge >= 0.3 is 0 Å². The van der Waals surface area contributed by atoms with Gasteiger partial charge in [-0.15, -0.1) is 0 Å². The summed E-state index contributed by atoms with van der Waals surface area (Å²) in [5.41, 5.74) is 0.909. The second kappa shape index (κ2) is 4.17. The molecule has 0 spiro atoms. The van der Waals surface area contributed by atoms with Crippen LogP contribution in [0.3, 0.4) is 0 Å². The first-order valence-electron chi connectivity index (χ1n) is 6.30. The molecular weight excluding hydrogens is 201 g/mol. The predicted molar refractivity (Wildman–Crippen MR) is 62.9 cm³/mol. The van der Waals surface area contributed by atoms with Gasteiger partial charge in [0.15, 0.2) is 0 Å². The summed E-state index contributed by atoms with van der Waals surface area (Å²) in [6, 6.07) is 7.83. The minimum absolute atomic E-state index is 0.0341. The average molecular weight is 219 g/mol. The summed E-state index contributed by atoms with van der Waals surface area (Å²) in [5.74, 6) is 1.35. The Morgan fingerprint density at radius 3 is 2.62 bits per heavy atom. The molecule has 0 heterocycles. The van der Waals surface area contributed by atoms with Crippen molar-refractivity contribution in [1.82, 2.24) is 5.32 Å². The molecule has 0 atom stereocenters. The maximum Gasteiger partial charge on any atom is 0.126 e. The molecular formula is C14H18FN. The van der Waals surface area contributed by atoms with Crippen molar-refractivity contribution >= 4 is 0 Å². The standard InChI is InChI=1S/C14H18FN/c15-14-4-2-1-3-13(14)11-7-12(8-11)16-9-10-5-6-10/h1-4,10-12,16H,5-9H2. The van der Waals surface area contributed by atoms with E-state index in [0.717, 1.165) is 24.3 Å². The zero-order valence-electron chi connectivity index (χ0n) is 9.45. The van der Waals surface area contributed by atoms with E-state index < -0.39 is 0 Å². The third-order valence-corrected chi connectivity index (χ3v) is 3.88. The summed E-state index contributed by atoms with van der Waals surface area (Å²) in [7, 11) is 0. The quantitative estimate of drug-likeness (QED) is 0.820. The molecule has 16 heavy (non-hydrogen) atoms. The molecule has 2 aliphatic rings. The molecule has 86 valence electrons. The van der Waals surface area contributed by atoms with Crippen LogP contribution < -0.4 is 5.32 Å². The molecule has 1 aromatic carbocycles. The van der Waals surface area contributed by atoms with Gasteiger partial charge in [-0.1, -0.05) is 18.2 Å². The van der Waals surface area contributed by atoms with Gasteiger partial charge in [0.1, 0.15) is 5.82 Å². The van der Waals surface area contributed by atoms with Crippen molar-refractivity contribution in [2.75, 3.05) is 6.54 Å². The number of benzene rings is 1. The van der Waals surface area contributed by atoms with Crippen LogP contribution in [-0.2, 0) is 0 Å². The van der Waals surface area contributed by atoms with E-state index in [2.05, 4.69) is 5.32 Å². The van der Waals surface area contributed by atoms with Crippen LogP contribution in [0, 0.1) is 11.7 Å². The van der Waals surface area contributed by atoms with E-state index in [0.29, 0.717) is 12.0 Å². The molecule has 2 saturated carbocycles. The van der Waals surface area contributed by atoms with E-state index in [-0.39, 0.29) is 5.82 Å². The van der Waals surface area contributed by atoms with E-state index >= 15 is 0 Å². The minimum Gasteiger partial charge on any atom is -0.314 e. The molecule has 2 heteroatoms. The summed E-state index contributed by atoms with van der Waals surface area (Å²) in [4.78, 5) is 0. The van der Waals surface area contributed by atoms with E-state index in [1.165, 1.54) is 19.4 Å². The minimum atomic E-state index is -0.0341. The molecule has 1 aromatic rings. The second-order valence-electron chi connectivity index (χ2n) is 5.24. The van der Waals surface area contributed by atoms with E-state index in [9.17, 15) is 4.39 Å². The zero-order chi connectivity index (χ0) is 11.0. The highest BCUT2D eigenvalue weighted by Gasteiger charge is 2.32. The Kier molecular flexibility index (Phi) is 2.68. The Labute approximate surface area is 96.1 Å². The molecule has 2 aliphatic carbocycles. The number of rotatable bonds is 4. The van der Waals surface area contributed by atoms with Gasteiger partial charge in [0.25, 0.3) is 0 Å². The van der Waals surface area contributed by atoms with Crippen molar-refractivity contribution in [3.05, 3.63) is 35.6 Å². The normalized spacial score (nSPS) is 28.8. The molecule has 0 unspecified atom stereocenters. The summed E-state index contributed by atoms with van der Waals surface area (Å²) in [5, 5.41) is 3.58. The van der Waals surface area contributed by atoms with Crippen LogP contribution in [0.25, 0.3) is 0 Å². The fourth-order valence-corrected chi connectivity index (χ4v) is 2.50. The van der Waals surface area contributed by atoms with Crippen molar-refractivity contribution in [3.63, 3.8) is 0 Å². The summed E-state index contributed by atoms with van der Waals surface area (Å²) >= 11 is 0. The Bertz CT molecular complexity index is 367. The Hall–Kier alpha value is -0.890. The Morgan fingerprint density at radius 2 is 1.94 bits per heavy atom. The largest absolute Gasteiger partial charge is 0.314 e. The third kappa shape index (κ3) is 2.12. The van der Waals surface area contributed by atoms with Gasteiger partial charge in [0.05, 0.1) is 0 Å². The predicted octanol–water partition coefficient (Wildman–Crippen LogP) is 3.07. The van der Waals surface area contributed by atoms with E-state index in [1.807, 2.05) is 12.1 Å². The molecule has 0 bridgehead atoms. The molecule has 2 fully saturated rings. The highest BCUT2D eigenvalue weighted by molar-refractivity contribution is 5.24. The number of halogens is 1. The van der Waals surface area contributed by atoms with Crippen molar-refractivity contribution in [1.29, 1.82) is 0 Å². The fourth-order valence-electron chi connectivity index (χ4n) is 2.50. The highest BCUT2D eigenvalue weighted by Crippen LogP contribution is 2.38. The van der Waals surface area contributed by atoms with Crippen molar-refractivity contribution in [2.45, 2.75) is 37.6 Å². The van der Waals surface area contributed by atoms with Gasteiger partial charge in [-0.25, -0.2) is 4.39 Å². The second-order valence-corrected chi connectivity index (χ2v) is 5.24. The fraction of sp³-hybridized carbons (Fsp3) is 0.571. The first kappa shape index (κ1) is 10.3. The molecule has 1 nitrogen and oxygen atoms in total. The number of hydrogen-bond donors (Lipinski definition) is 1. The summed E-state index contributed by atoms with van der Waals surface area (Å²) < 4.78 is 13.5. The molecule has 0 amide bonds. The van der Waals surface area contributed by atoms with Gasteiger partial charge in [-0.3, -0.25) is 0 Å². The van der Waals surface area contributed by atoms with Crippen molar-refractivity contribution in [2.24, 2.45) is 5.92 Å². The van der Waals surface area contributed by atoms with Gasteiger partial charge in [-0.05, 0) is 55.7 Å². The third-order valence-electron chi connectivity index (χ3n) is 3.88. The Balaban J connectivity index is 1.50. The smallest absolute Gasteiger partial charge is 0.126 e. The topological polar surface area (TPSA) is 12.0 Å². The van der Waals surface area contributed by atoms with Gasteiger partial charge < -0.3 is 5.32 Å². The Morgan fingerprint density at radius 1 is 1.19 bits per heavy atom. The van der Waals surface area contributed by atoms with Crippen LogP contribution in [0.1, 0.15) is 37.2 Å². The SMILES string of the molecule is Fc1ccccc1C1CC(NCC2CC2)C1.